The molecule has 0 bridgehead atoms. The second-order valence-electron chi connectivity index (χ2n) is 4.85. The zero-order chi connectivity index (χ0) is 15.5. The third kappa shape index (κ3) is 6.79. The van der Waals surface area contributed by atoms with Crippen molar-refractivity contribution in [3.05, 3.63) is 35.9 Å². The first-order valence-corrected chi connectivity index (χ1v) is 7.20. The molecule has 0 saturated carbocycles. The summed E-state index contributed by atoms with van der Waals surface area (Å²) in [4.78, 5) is 17.4. The second-order valence-corrected chi connectivity index (χ2v) is 4.85. The molecule has 0 fully saturated rings. The average Bonchev–Trinajstić information content (AvgIpc) is 2.51. The van der Waals surface area contributed by atoms with Crippen LogP contribution in [0.4, 0.5) is 0 Å². The van der Waals surface area contributed by atoms with Crippen molar-refractivity contribution in [1.82, 2.24) is 10.2 Å². The van der Waals surface area contributed by atoms with Crippen LogP contribution < -0.4 is 5.32 Å². The first kappa shape index (κ1) is 17.0. The Balaban J connectivity index is 2.29. The summed E-state index contributed by atoms with van der Waals surface area (Å²) in [5.41, 5.74) is 1.24. The predicted octanol–water partition coefficient (Wildman–Crippen LogP) is 2.04. The van der Waals surface area contributed by atoms with Crippen LogP contribution in [-0.4, -0.2) is 44.6 Å². The Morgan fingerprint density at radius 2 is 2.00 bits per heavy atom. The number of hydrogen-bond donors (Lipinski definition) is 1. The fourth-order valence-corrected chi connectivity index (χ4v) is 2.01. The van der Waals surface area contributed by atoms with Crippen LogP contribution in [0, 0.1) is 0 Å². The van der Waals surface area contributed by atoms with E-state index in [0.29, 0.717) is 6.42 Å². The number of guanidine groups is 1. The maximum absolute atomic E-state index is 11.0. The van der Waals surface area contributed by atoms with Gasteiger partial charge in [-0.15, -0.1) is 0 Å². The summed E-state index contributed by atoms with van der Waals surface area (Å²) in [5.74, 6) is 0.706. The van der Waals surface area contributed by atoms with Crippen molar-refractivity contribution in [3.8, 4) is 0 Å². The van der Waals surface area contributed by atoms with Gasteiger partial charge in [-0.25, -0.2) is 0 Å². The van der Waals surface area contributed by atoms with E-state index in [9.17, 15) is 4.79 Å². The molecule has 0 aromatic heterocycles. The number of carbonyl (C=O) groups is 1. The molecule has 1 N–H and O–H groups in total. The van der Waals surface area contributed by atoms with Crippen molar-refractivity contribution in [1.29, 1.82) is 0 Å². The van der Waals surface area contributed by atoms with Gasteiger partial charge in [0, 0.05) is 33.6 Å². The number of aliphatic imine (C=N–C) groups is 1. The zero-order valence-electron chi connectivity index (χ0n) is 13.1. The quantitative estimate of drug-likeness (QED) is 0.361. The van der Waals surface area contributed by atoms with Crippen LogP contribution in [0.2, 0.25) is 0 Å². The lowest BCUT2D eigenvalue weighted by Crippen LogP contribution is -2.38. The van der Waals surface area contributed by atoms with Crippen molar-refractivity contribution >= 4 is 11.9 Å². The molecule has 0 unspecified atom stereocenters. The van der Waals surface area contributed by atoms with Gasteiger partial charge in [0.25, 0.3) is 0 Å². The van der Waals surface area contributed by atoms with Crippen molar-refractivity contribution in [3.63, 3.8) is 0 Å². The molecule has 0 atom stereocenters. The van der Waals surface area contributed by atoms with Gasteiger partial charge in [0.1, 0.15) is 0 Å². The average molecular weight is 291 g/mol. The molecule has 0 radical (unpaired) electrons. The number of hydrogen-bond acceptors (Lipinski definition) is 3. The molecule has 1 aromatic rings. The highest BCUT2D eigenvalue weighted by Crippen LogP contribution is 2.03. The maximum Gasteiger partial charge on any atom is 0.305 e. The molecule has 0 aliphatic rings. The maximum atomic E-state index is 11.0. The van der Waals surface area contributed by atoms with E-state index >= 15 is 0 Å². The molecule has 0 heterocycles. The van der Waals surface area contributed by atoms with Gasteiger partial charge in [0.2, 0.25) is 0 Å². The number of nitrogens with one attached hydrogen (secondary N) is 1. The fraction of sp³-hybridized carbons (Fsp3) is 0.500. The topological polar surface area (TPSA) is 53.9 Å². The molecule has 0 aliphatic heterocycles. The Labute approximate surface area is 127 Å². The minimum absolute atomic E-state index is 0.152. The first-order valence-electron chi connectivity index (χ1n) is 7.20. The summed E-state index contributed by atoms with van der Waals surface area (Å²) in [6.07, 6.45) is 2.20. The summed E-state index contributed by atoms with van der Waals surface area (Å²) in [6.45, 7) is 1.60. The van der Waals surface area contributed by atoms with Crippen LogP contribution in [0.3, 0.4) is 0 Å². The summed E-state index contributed by atoms with van der Waals surface area (Å²) >= 11 is 0. The third-order valence-electron chi connectivity index (χ3n) is 3.15. The number of carbonyl (C=O) groups excluding carboxylic acids is 1. The van der Waals surface area contributed by atoms with Gasteiger partial charge in [0.15, 0.2) is 5.96 Å². The highest BCUT2D eigenvalue weighted by atomic mass is 16.5. The molecule has 21 heavy (non-hydrogen) atoms. The van der Waals surface area contributed by atoms with Gasteiger partial charge < -0.3 is 15.0 Å². The normalized spacial score (nSPS) is 11.1. The number of ether oxygens (including phenoxy) is 1. The number of unbranched alkanes of at least 4 members (excludes halogenated alkanes) is 1. The summed E-state index contributed by atoms with van der Waals surface area (Å²) in [7, 11) is 5.20. The third-order valence-corrected chi connectivity index (χ3v) is 3.15. The SMILES string of the molecule is CN=C(NCCCCC(=O)OC)N(C)Cc1ccccc1. The van der Waals surface area contributed by atoms with Crippen LogP contribution in [-0.2, 0) is 16.1 Å². The Morgan fingerprint density at radius 1 is 1.29 bits per heavy atom. The zero-order valence-corrected chi connectivity index (χ0v) is 13.1. The van der Waals surface area contributed by atoms with Crippen LogP contribution in [0.5, 0.6) is 0 Å². The lowest BCUT2D eigenvalue weighted by molar-refractivity contribution is -0.140. The monoisotopic (exact) mass is 291 g/mol. The highest BCUT2D eigenvalue weighted by molar-refractivity contribution is 5.79. The molecular weight excluding hydrogens is 266 g/mol. The van der Waals surface area contributed by atoms with Gasteiger partial charge >= 0.3 is 5.97 Å². The number of nitrogens with zero attached hydrogens (tertiary/aromatic N) is 2. The van der Waals surface area contributed by atoms with E-state index in [0.717, 1.165) is 31.9 Å². The lowest BCUT2D eigenvalue weighted by Gasteiger charge is -2.22. The van der Waals surface area contributed by atoms with Crippen molar-refractivity contribution in [2.45, 2.75) is 25.8 Å². The van der Waals surface area contributed by atoms with Crippen LogP contribution in [0.15, 0.2) is 35.3 Å². The molecule has 0 spiro atoms. The minimum atomic E-state index is -0.152. The summed E-state index contributed by atoms with van der Waals surface area (Å²) < 4.78 is 4.61. The number of benzene rings is 1. The largest absolute Gasteiger partial charge is 0.469 e. The number of rotatable bonds is 7. The van der Waals surface area contributed by atoms with Crippen molar-refractivity contribution in [2.24, 2.45) is 4.99 Å². The lowest BCUT2D eigenvalue weighted by atomic mass is 10.2. The molecule has 116 valence electrons. The van der Waals surface area contributed by atoms with Gasteiger partial charge in [-0.1, -0.05) is 30.3 Å². The van der Waals surface area contributed by atoms with E-state index in [1.54, 1.807) is 7.05 Å². The van der Waals surface area contributed by atoms with Crippen LogP contribution >= 0.6 is 0 Å². The van der Waals surface area contributed by atoms with E-state index in [1.807, 2.05) is 25.2 Å². The Hall–Kier alpha value is -2.04. The standard InChI is InChI=1S/C16H25N3O2/c1-17-16(18-12-8-7-11-15(20)21-3)19(2)13-14-9-5-4-6-10-14/h4-6,9-10H,7-8,11-13H2,1-3H3,(H,17,18). The molecule has 0 aliphatic carbocycles. The Kier molecular flexibility index (Phi) is 7.94. The Bertz CT molecular complexity index is 446. The van der Waals surface area contributed by atoms with Gasteiger partial charge in [-0.2, -0.15) is 0 Å². The highest BCUT2D eigenvalue weighted by Gasteiger charge is 2.06. The molecule has 5 nitrogen and oxygen atoms in total. The smallest absolute Gasteiger partial charge is 0.305 e. The van der Waals surface area contributed by atoms with Gasteiger partial charge in [-0.05, 0) is 18.4 Å². The molecule has 1 rings (SSSR count). The van der Waals surface area contributed by atoms with Crippen molar-refractivity contribution < 1.29 is 9.53 Å². The number of esters is 1. The van der Waals surface area contributed by atoms with E-state index in [-0.39, 0.29) is 5.97 Å². The Morgan fingerprint density at radius 3 is 2.62 bits per heavy atom. The molecule has 5 heteroatoms. The summed E-state index contributed by atoms with van der Waals surface area (Å²) in [5, 5.41) is 3.30. The van der Waals surface area contributed by atoms with Gasteiger partial charge in [0.05, 0.1) is 7.11 Å². The van der Waals surface area contributed by atoms with E-state index in [4.69, 9.17) is 0 Å². The number of methoxy groups -OCH3 is 1. The first-order chi connectivity index (χ1) is 10.2. The predicted molar refractivity (Wildman–Crippen MR) is 85.1 cm³/mol. The van der Waals surface area contributed by atoms with Crippen LogP contribution in [0.25, 0.3) is 0 Å². The summed E-state index contributed by atoms with van der Waals surface area (Å²) in [6, 6.07) is 10.3. The van der Waals surface area contributed by atoms with Crippen LogP contribution in [0.1, 0.15) is 24.8 Å². The molecule has 0 saturated heterocycles. The van der Waals surface area contributed by atoms with Crippen molar-refractivity contribution in [2.75, 3.05) is 27.7 Å². The molecule has 1 aromatic carbocycles. The van der Waals surface area contributed by atoms with E-state index < -0.39 is 0 Å². The van der Waals surface area contributed by atoms with E-state index in [1.165, 1.54) is 12.7 Å². The van der Waals surface area contributed by atoms with E-state index in [2.05, 4.69) is 32.1 Å². The fourth-order valence-electron chi connectivity index (χ4n) is 2.01. The molecule has 0 amide bonds. The second kappa shape index (κ2) is 9.80. The minimum Gasteiger partial charge on any atom is -0.469 e. The van der Waals surface area contributed by atoms with Gasteiger partial charge in [-0.3, -0.25) is 9.79 Å². The molecular formula is C16H25N3O2.